The SMILES string of the molecule is C=CCC1OC(CC2COC(C)(C)O2)C(OCc2ccccc2)C1O. The Morgan fingerprint density at radius 2 is 2.04 bits per heavy atom. The van der Waals surface area contributed by atoms with E-state index in [2.05, 4.69) is 6.58 Å². The molecule has 25 heavy (non-hydrogen) atoms. The molecule has 5 unspecified atom stereocenters. The Kier molecular flexibility index (Phi) is 5.92. The van der Waals surface area contributed by atoms with Gasteiger partial charge in [-0.25, -0.2) is 0 Å². The van der Waals surface area contributed by atoms with Gasteiger partial charge in [0, 0.05) is 6.42 Å². The van der Waals surface area contributed by atoms with Crippen LogP contribution >= 0.6 is 0 Å². The summed E-state index contributed by atoms with van der Waals surface area (Å²) in [6.07, 6.45) is 1.34. The van der Waals surface area contributed by atoms with Crippen LogP contribution in [0.5, 0.6) is 0 Å². The number of rotatable bonds is 7. The minimum atomic E-state index is -0.679. The van der Waals surface area contributed by atoms with Crippen LogP contribution in [0, 0.1) is 0 Å². The average molecular weight is 348 g/mol. The number of benzene rings is 1. The van der Waals surface area contributed by atoms with Crippen molar-refractivity contribution in [2.75, 3.05) is 6.61 Å². The molecule has 2 aliphatic heterocycles. The summed E-state index contributed by atoms with van der Waals surface area (Å²) < 4.78 is 23.6. The molecule has 2 fully saturated rings. The van der Waals surface area contributed by atoms with Crippen molar-refractivity contribution in [2.45, 2.75) is 69.6 Å². The molecule has 5 heteroatoms. The van der Waals surface area contributed by atoms with Crippen molar-refractivity contribution in [1.82, 2.24) is 0 Å². The predicted molar refractivity (Wildman–Crippen MR) is 94.0 cm³/mol. The first kappa shape index (κ1) is 18.5. The summed E-state index contributed by atoms with van der Waals surface area (Å²) in [6, 6.07) is 9.94. The molecule has 1 aromatic rings. The first-order valence-corrected chi connectivity index (χ1v) is 8.90. The van der Waals surface area contributed by atoms with Gasteiger partial charge in [-0.3, -0.25) is 0 Å². The fourth-order valence-corrected chi connectivity index (χ4v) is 3.47. The molecule has 0 bridgehead atoms. The topological polar surface area (TPSA) is 57.2 Å². The number of hydrogen-bond acceptors (Lipinski definition) is 5. The summed E-state index contributed by atoms with van der Waals surface area (Å²) >= 11 is 0. The highest BCUT2D eigenvalue weighted by atomic mass is 16.7. The van der Waals surface area contributed by atoms with Crippen molar-refractivity contribution >= 4 is 0 Å². The highest BCUT2D eigenvalue weighted by Crippen LogP contribution is 2.33. The van der Waals surface area contributed by atoms with Gasteiger partial charge in [-0.1, -0.05) is 36.4 Å². The minimum absolute atomic E-state index is 0.0579. The lowest BCUT2D eigenvalue weighted by Gasteiger charge is -2.23. The van der Waals surface area contributed by atoms with Crippen LogP contribution in [-0.2, 0) is 25.6 Å². The first-order chi connectivity index (χ1) is 12.0. The van der Waals surface area contributed by atoms with E-state index in [1.807, 2.05) is 44.2 Å². The van der Waals surface area contributed by atoms with Gasteiger partial charge in [0.1, 0.15) is 12.2 Å². The van der Waals surface area contributed by atoms with Gasteiger partial charge in [-0.15, -0.1) is 6.58 Å². The van der Waals surface area contributed by atoms with Gasteiger partial charge >= 0.3 is 0 Å². The second-order valence-electron chi connectivity index (χ2n) is 7.18. The minimum Gasteiger partial charge on any atom is -0.388 e. The van der Waals surface area contributed by atoms with Crippen LogP contribution in [-0.4, -0.2) is 48.0 Å². The Hall–Kier alpha value is -1.24. The Bertz CT molecular complexity index is 558. The van der Waals surface area contributed by atoms with E-state index >= 15 is 0 Å². The van der Waals surface area contributed by atoms with Crippen molar-refractivity contribution < 1.29 is 24.1 Å². The van der Waals surface area contributed by atoms with Gasteiger partial charge in [0.25, 0.3) is 0 Å². The zero-order valence-electron chi connectivity index (χ0n) is 15.0. The van der Waals surface area contributed by atoms with E-state index in [0.29, 0.717) is 26.1 Å². The maximum absolute atomic E-state index is 10.6. The molecule has 0 aromatic heterocycles. The monoisotopic (exact) mass is 348 g/mol. The summed E-state index contributed by atoms with van der Waals surface area (Å²) in [7, 11) is 0. The molecule has 1 N–H and O–H groups in total. The van der Waals surface area contributed by atoms with E-state index in [0.717, 1.165) is 5.56 Å². The normalized spacial score (nSPS) is 34.3. The van der Waals surface area contributed by atoms with Crippen LogP contribution in [0.15, 0.2) is 43.0 Å². The average Bonchev–Trinajstić information content (AvgIpc) is 3.07. The molecule has 2 heterocycles. The van der Waals surface area contributed by atoms with E-state index in [-0.39, 0.29) is 18.3 Å². The van der Waals surface area contributed by atoms with E-state index in [4.69, 9.17) is 18.9 Å². The van der Waals surface area contributed by atoms with E-state index < -0.39 is 18.0 Å². The third kappa shape index (κ3) is 4.68. The molecular formula is C20H28O5. The molecule has 2 saturated heterocycles. The number of aliphatic hydroxyl groups is 1. The van der Waals surface area contributed by atoms with Crippen molar-refractivity contribution in [1.29, 1.82) is 0 Å². The van der Waals surface area contributed by atoms with Crippen LogP contribution < -0.4 is 0 Å². The Morgan fingerprint density at radius 3 is 2.68 bits per heavy atom. The third-order valence-electron chi connectivity index (χ3n) is 4.68. The number of aliphatic hydroxyl groups excluding tert-OH is 1. The molecule has 0 saturated carbocycles. The number of hydrogen-bond donors (Lipinski definition) is 1. The first-order valence-electron chi connectivity index (χ1n) is 8.90. The fraction of sp³-hybridized carbons (Fsp3) is 0.600. The molecule has 0 spiro atoms. The molecule has 1 aromatic carbocycles. The van der Waals surface area contributed by atoms with Crippen LogP contribution in [0.25, 0.3) is 0 Å². The Balaban J connectivity index is 1.64. The lowest BCUT2D eigenvalue weighted by molar-refractivity contribution is -0.145. The fourth-order valence-electron chi connectivity index (χ4n) is 3.47. The van der Waals surface area contributed by atoms with Crippen molar-refractivity contribution in [3.05, 3.63) is 48.6 Å². The summed E-state index contributed by atoms with van der Waals surface area (Å²) in [5.74, 6) is -0.567. The Labute approximate surface area is 149 Å². The standard InChI is InChI=1S/C20H28O5/c1-4-8-16-18(21)19(22-12-14-9-6-5-7-10-14)17(24-16)11-15-13-23-20(2,3)25-15/h4-7,9-10,15-19,21H,1,8,11-13H2,2-3H3. The predicted octanol–water partition coefficient (Wildman–Crippen LogP) is 2.82. The number of ether oxygens (including phenoxy) is 4. The second kappa shape index (κ2) is 7.98. The zero-order chi connectivity index (χ0) is 17.9. The molecular weight excluding hydrogens is 320 g/mol. The molecule has 5 nitrogen and oxygen atoms in total. The zero-order valence-corrected chi connectivity index (χ0v) is 15.0. The molecule has 138 valence electrons. The van der Waals surface area contributed by atoms with Gasteiger partial charge < -0.3 is 24.1 Å². The summed E-state index contributed by atoms with van der Waals surface area (Å²) in [5.41, 5.74) is 1.07. The van der Waals surface area contributed by atoms with Crippen molar-refractivity contribution in [3.63, 3.8) is 0 Å². The maximum Gasteiger partial charge on any atom is 0.163 e. The Morgan fingerprint density at radius 1 is 1.28 bits per heavy atom. The van der Waals surface area contributed by atoms with Crippen LogP contribution in [0.2, 0.25) is 0 Å². The van der Waals surface area contributed by atoms with Gasteiger partial charge in [0.2, 0.25) is 0 Å². The van der Waals surface area contributed by atoms with Gasteiger partial charge in [0.15, 0.2) is 5.79 Å². The molecule has 0 aliphatic carbocycles. The highest BCUT2D eigenvalue weighted by Gasteiger charge is 2.46. The highest BCUT2D eigenvalue weighted by molar-refractivity contribution is 5.13. The second-order valence-corrected chi connectivity index (χ2v) is 7.18. The molecule has 3 rings (SSSR count). The molecule has 0 amide bonds. The summed E-state index contributed by atoms with van der Waals surface area (Å²) in [6.45, 7) is 8.53. The smallest absolute Gasteiger partial charge is 0.163 e. The van der Waals surface area contributed by atoms with Gasteiger partial charge in [-0.2, -0.15) is 0 Å². The van der Waals surface area contributed by atoms with Crippen molar-refractivity contribution in [2.24, 2.45) is 0 Å². The van der Waals surface area contributed by atoms with E-state index in [1.54, 1.807) is 6.08 Å². The van der Waals surface area contributed by atoms with E-state index in [9.17, 15) is 5.11 Å². The lowest BCUT2D eigenvalue weighted by Crippen LogP contribution is -2.37. The van der Waals surface area contributed by atoms with Crippen LogP contribution in [0.3, 0.4) is 0 Å². The lowest BCUT2D eigenvalue weighted by atomic mass is 10.0. The van der Waals surface area contributed by atoms with Crippen LogP contribution in [0.4, 0.5) is 0 Å². The van der Waals surface area contributed by atoms with Crippen molar-refractivity contribution in [3.8, 4) is 0 Å². The molecule has 5 atom stereocenters. The van der Waals surface area contributed by atoms with Gasteiger partial charge in [0.05, 0.1) is 31.5 Å². The largest absolute Gasteiger partial charge is 0.388 e. The van der Waals surface area contributed by atoms with Crippen LogP contribution in [0.1, 0.15) is 32.3 Å². The molecule has 2 aliphatic rings. The van der Waals surface area contributed by atoms with Gasteiger partial charge in [-0.05, 0) is 25.8 Å². The third-order valence-corrected chi connectivity index (χ3v) is 4.68. The quantitative estimate of drug-likeness (QED) is 0.768. The summed E-state index contributed by atoms with van der Waals surface area (Å²) in [5, 5.41) is 10.6. The molecule has 0 radical (unpaired) electrons. The summed E-state index contributed by atoms with van der Waals surface area (Å²) in [4.78, 5) is 0. The van der Waals surface area contributed by atoms with E-state index in [1.165, 1.54) is 0 Å². The maximum atomic E-state index is 10.6.